The van der Waals surface area contributed by atoms with Crippen molar-refractivity contribution in [2.45, 2.75) is 39.3 Å². The highest BCUT2D eigenvalue weighted by atomic mass is 19.1. The molecule has 4 unspecified atom stereocenters. The van der Waals surface area contributed by atoms with Gasteiger partial charge in [-0.25, -0.2) is 4.39 Å². The maximum atomic E-state index is 14.6. The van der Waals surface area contributed by atoms with Gasteiger partial charge in [-0.3, -0.25) is 0 Å². The minimum Gasteiger partial charge on any atom is -0.316 e. The lowest BCUT2D eigenvalue weighted by Gasteiger charge is -2.31. The molecule has 0 aromatic heterocycles. The Morgan fingerprint density at radius 3 is 2.59 bits per heavy atom. The summed E-state index contributed by atoms with van der Waals surface area (Å²) in [6, 6.07) is 0. The molecule has 0 saturated carbocycles. The normalized spacial score (nSPS) is 40.1. The van der Waals surface area contributed by atoms with Gasteiger partial charge in [-0.15, -0.1) is 0 Å². The summed E-state index contributed by atoms with van der Waals surface area (Å²) in [5.74, 6) is 2.29. The second-order valence-electron chi connectivity index (χ2n) is 6.42. The molecule has 2 N–H and O–H groups in total. The molecule has 2 heterocycles. The van der Waals surface area contributed by atoms with Gasteiger partial charge in [0.2, 0.25) is 0 Å². The Labute approximate surface area is 105 Å². The van der Waals surface area contributed by atoms with Crippen LogP contribution in [0.5, 0.6) is 0 Å². The van der Waals surface area contributed by atoms with Gasteiger partial charge in [0.15, 0.2) is 0 Å². The molecule has 0 bridgehead atoms. The quantitative estimate of drug-likeness (QED) is 0.790. The number of halogens is 1. The fraction of sp³-hybridized carbons (Fsp3) is 1.00. The van der Waals surface area contributed by atoms with Crippen LogP contribution in [0.25, 0.3) is 0 Å². The third-order valence-electron chi connectivity index (χ3n) is 4.92. The molecule has 2 saturated heterocycles. The summed E-state index contributed by atoms with van der Waals surface area (Å²) < 4.78 is 14.6. The fourth-order valence-corrected chi connectivity index (χ4v) is 3.56. The van der Waals surface area contributed by atoms with E-state index in [0.717, 1.165) is 32.0 Å². The summed E-state index contributed by atoms with van der Waals surface area (Å²) in [6.45, 7) is 10.3. The Kier molecular flexibility index (Phi) is 4.09. The predicted molar refractivity (Wildman–Crippen MR) is 69.8 cm³/mol. The van der Waals surface area contributed by atoms with Crippen molar-refractivity contribution in [2.24, 2.45) is 23.7 Å². The Hall–Kier alpha value is -0.150. The first-order valence-corrected chi connectivity index (χ1v) is 7.13. The molecular weight excluding hydrogens is 215 g/mol. The van der Waals surface area contributed by atoms with Gasteiger partial charge >= 0.3 is 0 Å². The van der Waals surface area contributed by atoms with Gasteiger partial charge < -0.3 is 10.6 Å². The van der Waals surface area contributed by atoms with E-state index in [0.29, 0.717) is 24.8 Å². The van der Waals surface area contributed by atoms with Gasteiger partial charge in [0, 0.05) is 6.54 Å². The first-order valence-electron chi connectivity index (χ1n) is 7.13. The van der Waals surface area contributed by atoms with Crippen LogP contribution in [0.4, 0.5) is 4.39 Å². The second-order valence-corrected chi connectivity index (χ2v) is 6.42. The summed E-state index contributed by atoms with van der Waals surface area (Å²) in [5.41, 5.74) is -0.954. The highest BCUT2D eigenvalue weighted by Gasteiger charge is 2.41. The van der Waals surface area contributed by atoms with Crippen LogP contribution >= 0.6 is 0 Å². The van der Waals surface area contributed by atoms with Gasteiger partial charge in [0.05, 0.1) is 0 Å². The number of hydrogen-bond donors (Lipinski definition) is 2. The summed E-state index contributed by atoms with van der Waals surface area (Å²) in [4.78, 5) is 0. The number of alkyl halides is 1. The number of rotatable bonds is 4. The van der Waals surface area contributed by atoms with Crippen LogP contribution in [-0.2, 0) is 0 Å². The summed E-state index contributed by atoms with van der Waals surface area (Å²) >= 11 is 0. The van der Waals surface area contributed by atoms with E-state index in [4.69, 9.17) is 0 Å². The average molecular weight is 242 g/mol. The smallest absolute Gasteiger partial charge is 0.127 e. The molecule has 2 aliphatic rings. The van der Waals surface area contributed by atoms with Crippen LogP contribution in [0.1, 0.15) is 33.6 Å². The Morgan fingerprint density at radius 1 is 1.24 bits per heavy atom. The average Bonchev–Trinajstić information content (AvgIpc) is 2.87. The molecule has 2 nitrogen and oxygen atoms in total. The Bertz CT molecular complexity index is 249. The van der Waals surface area contributed by atoms with E-state index in [-0.39, 0.29) is 5.92 Å². The van der Waals surface area contributed by atoms with E-state index in [9.17, 15) is 4.39 Å². The Morgan fingerprint density at radius 2 is 2.00 bits per heavy atom. The van der Waals surface area contributed by atoms with Crippen LogP contribution in [0.2, 0.25) is 0 Å². The third kappa shape index (κ3) is 2.82. The molecule has 2 rings (SSSR count). The van der Waals surface area contributed by atoms with Crippen molar-refractivity contribution in [3.63, 3.8) is 0 Å². The molecule has 17 heavy (non-hydrogen) atoms. The van der Waals surface area contributed by atoms with Crippen molar-refractivity contribution < 1.29 is 4.39 Å². The van der Waals surface area contributed by atoms with E-state index < -0.39 is 5.67 Å². The predicted octanol–water partition coefficient (Wildman–Crippen LogP) is 2.21. The monoisotopic (exact) mass is 242 g/mol. The van der Waals surface area contributed by atoms with E-state index in [2.05, 4.69) is 31.4 Å². The molecule has 0 aromatic carbocycles. The standard InChI is InChI=1S/C14H27FN2/c1-10(2)13-8-17-7-12(13)6-11(3)14(15)4-5-16-9-14/h10-13,16-17H,4-9H2,1-3H3. The van der Waals surface area contributed by atoms with Crippen LogP contribution in [0.3, 0.4) is 0 Å². The molecule has 4 atom stereocenters. The molecule has 100 valence electrons. The number of hydrogen-bond acceptors (Lipinski definition) is 2. The summed E-state index contributed by atoms with van der Waals surface area (Å²) in [7, 11) is 0. The molecule has 0 spiro atoms. The second kappa shape index (κ2) is 5.23. The van der Waals surface area contributed by atoms with Crippen LogP contribution in [0, 0.1) is 23.7 Å². The molecule has 0 amide bonds. The van der Waals surface area contributed by atoms with Gasteiger partial charge in [-0.1, -0.05) is 20.8 Å². The molecule has 0 radical (unpaired) electrons. The van der Waals surface area contributed by atoms with Gasteiger partial charge in [0.25, 0.3) is 0 Å². The molecular formula is C14H27FN2. The summed E-state index contributed by atoms with van der Waals surface area (Å²) in [6.07, 6.45) is 1.73. The fourth-order valence-electron chi connectivity index (χ4n) is 3.56. The SMILES string of the molecule is CC(C)C1CNCC1CC(C)C1(F)CCNC1. The highest BCUT2D eigenvalue weighted by molar-refractivity contribution is 4.95. The topological polar surface area (TPSA) is 24.1 Å². The lowest BCUT2D eigenvalue weighted by molar-refractivity contribution is 0.0888. The van der Waals surface area contributed by atoms with Crippen molar-refractivity contribution in [1.29, 1.82) is 0 Å². The van der Waals surface area contributed by atoms with Crippen LogP contribution in [-0.4, -0.2) is 31.8 Å². The molecule has 0 aromatic rings. The van der Waals surface area contributed by atoms with Crippen molar-refractivity contribution in [3.05, 3.63) is 0 Å². The van der Waals surface area contributed by atoms with Crippen molar-refractivity contribution in [1.82, 2.24) is 10.6 Å². The van der Waals surface area contributed by atoms with E-state index in [1.165, 1.54) is 0 Å². The summed E-state index contributed by atoms with van der Waals surface area (Å²) in [5, 5.41) is 6.64. The minimum atomic E-state index is -0.954. The van der Waals surface area contributed by atoms with Crippen LogP contribution in [0.15, 0.2) is 0 Å². The molecule has 2 fully saturated rings. The van der Waals surface area contributed by atoms with E-state index >= 15 is 0 Å². The van der Waals surface area contributed by atoms with Crippen molar-refractivity contribution >= 4 is 0 Å². The number of nitrogens with one attached hydrogen (secondary N) is 2. The minimum absolute atomic E-state index is 0.184. The van der Waals surface area contributed by atoms with E-state index in [1.54, 1.807) is 0 Å². The zero-order chi connectivity index (χ0) is 12.5. The lowest BCUT2D eigenvalue weighted by atomic mass is 9.76. The first kappa shape index (κ1) is 13.3. The first-order chi connectivity index (χ1) is 8.03. The van der Waals surface area contributed by atoms with Crippen molar-refractivity contribution in [3.8, 4) is 0 Å². The zero-order valence-corrected chi connectivity index (χ0v) is 11.4. The van der Waals surface area contributed by atoms with E-state index in [1.807, 2.05) is 0 Å². The van der Waals surface area contributed by atoms with Gasteiger partial charge in [-0.05, 0) is 56.1 Å². The molecule has 2 aliphatic heterocycles. The maximum absolute atomic E-state index is 14.6. The van der Waals surface area contributed by atoms with Gasteiger partial charge in [-0.2, -0.15) is 0 Å². The molecule has 0 aliphatic carbocycles. The molecule has 3 heteroatoms. The highest BCUT2D eigenvalue weighted by Crippen LogP contribution is 2.37. The maximum Gasteiger partial charge on any atom is 0.127 e. The Balaban J connectivity index is 1.91. The zero-order valence-electron chi connectivity index (χ0n) is 11.4. The van der Waals surface area contributed by atoms with Gasteiger partial charge in [0.1, 0.15) is 5.67 Å². The largest absolute Gasteiger partial charge is 0.316 e. The lowest BCUT2D eigenvalue weighted by Crippen LogP contribution is -2.36. The third-order valence-corrected chi connectivity index (χ3v) is 4.92. The van der Waals surface area contributed by atoms with Crippen LogP contribution < -0.4 is 10.6 Å². The van der Waals surface area contributed by atoms with Crippen molar-refractivity contribution in [2.75, 3.05) is 26.2 Å².